The monoisotopic (exact) mass is 472 g/mol. The lowest BCUT2D eigenvalue weighted by Crippen LogP contribution is -2.45. The Morgan fingerprint density at radius 1 is 1.12 bits per heavy atom. The number of rotatable bonds is 7. The Morgan fingerprint density at radius 3 is 2.33 bits per heavy atom. The molecule has 0 atom stereocenters. The number of benzene rings is 1. The first-order valence-corrected chi connectivity index (χ1v) is 13.0. The molecule has 9 heteroatoms. The molecular weight excluding hydrogens is 440 g/mol. The molecule has 33 heavy (non-hydrogen) atoms. The zero-order chi connectivity index (χ0) is 23.6. The van der Waals surface area contributed by atoms with Gasteiger partial charge in [-0.15, -0.1) is 0 Å². The van der Waals surface area contributed by atoms with Crippen molar-refractivity contribution in [3.63, 3.8) is 0 Å². The fourth-order valence-electron chi connectivity index (χ4n) is 5.24. The molecule has 2 fully saturated rings. The molecule has 4 rings (SSSR count). The van der Waals surface area contributed by atoms with Gasteiger partial charge in [-0.2, -0.15) is 4.31 Å². The molecule has 0 unspecified atom stereocenters. The van der Waals surface area contributed by atoms with Crippen LogP contribution in [0.15, 0.2) is 47.5 Å². The minimum atomic E-state index is -3.74. The summed E-state index contributed by atoms with van der Waals surface area (Å²) in [5.74, 6) is -0.877. The van der Waals surface area contributed by atoms with Gasteiger partial charge in [-0.05, 0) is 37.3 Å². The van der Waals surface area contributed by atoms with Crippen molar-refractivity contribution in [1.29, 1.82) is 0 Å². The SMILES string of the molecule is Cn1cc(S(=O)(=O)N2CCC(C(=O)NCC3(c4ccccc4)CCCC3)CC2)cc1C(N)=O. The number of aryl methyl sites for hydroxylation is 1. The molecule has 1 saturated carbocycles. The minimum absolute atomic E-state index is 0.00461. The van der Waals surface area contributed by atoms with Gasteiger partial charge in [0.15, 0.2) is 0 Å². The fraction of sp³-hybridized carbons (Fsp3) is 0.500. The van der Waals surface area contributed by atoms with Crippen molar-refractivity contribution < 1.29 is 18.0 Å². The zero-order valence-corrected chi connectivity index (χ0v) is 19.8. The molecule has 1 aromatic heterocycles. The van der Waals surface area contributed by atoms with E-state index in [1.54, 1.807) is 7.05 Å². The summed E-state index contributed by atoms with van der Waals surface area (Å²) in [6, 6.07) is 11.7. The third kappa shape index (κ3) is 4.70. The summed E-state index contributed by atoms with van der Waals surface area (Å²) in [4.78, 5) is 24.5. The summed E-state index contributed by atoms with van der Waals surface area (Å²) in [5.41, 5.74) is 6.72. The normalized spacial score (nSPS) is 19.4. The van der Waals surface area contributed by atoms with Crippen molar-refractivity contribution in [3.05, 3.63) is 53.9 Å². The number of aromatic nitrogens is 1. The van der Waals surface area contributed by atoms with Gasteiger partial charge in [-0.3, -0.25) is 9.59 Å². The second-order valence-electron chi connectivity index (χ2n) is 9.29. The predicted molar refractivity (Wildman–Crippen MR) is 125 cm³/mol. The number of primary amides is 1. The summed E-state index contributed by atoms with van der Waals surface area (Å²) in [6.45, 7) is 1.16. The average molecular weight is 473 g/mol. The van der Waals surface area contributed by atoms with Crippen LogP contribution >= 0.6 is 0 Å². The lowest BCUT2D eigenvalue weighted by molar-refractivity contribution is -0.126. The van der Waals surface area contributed by atoms with Gasteiger partial charge in [0.25, 0.3) is 5.91 Å². The van der Waals surface area contributed by atoms with Crippen LogP contribution in [0.4, 0.5) is 0 Å². The molecule has 8 nitrogen and oxygen atoms in total. The van der Waals surface area contributed by atoms with Gasteiger partial charge in [-0.25, -0.2) is 8.42 Å². The van der Waals surface area contributed by atoms with E-state index in [4.69, 9.17) is 5.73 Å². The molecule has 1 saturated heterocycles. The van der Waals surface area contributed by atoms with Gasteiger partial charge in [0.2, 0.25) is 15.9 Å². The molecule has 178 valence electrons. The second-order valence-corrected chi connectivity index (χ2v) is 11.2. The highest BCUT2D eigenvalue weighted by Gasteiger charge is 2.37. The highest BCUT2D eigenvalue weighted by molar-refractivity contribution is 7.89. The Hall–Kier alpha value is -2.65. The van der Waals surface area contributed by atoms with Crippen molar-refractivity contribution in [3.8, 4) is 0 Å². The number of sulfonamides is 1. The topological polar surface area (TPSA) is 114 Å². The van der Waals surface area contributed by atoms with Gasteiger partial charge < -0.3 is 15.6 Å². The van der Waals surface area contributed by atoms with Crippen LogP contribution in [-0.2, 0) is 27.3 Å². The molecule has 1 aliphatic carbocycles. The Balaban J connectivity index is 1.36. The maximum absolute atomic E-state index is 13.0. The summed E-state index contributed by atoms with van der Waals surface area (Å²) in [7, 11) is -2.16. The Morgan fingerprint density at radius 2 is 1.76 bits per heavy atom. The van der Waals surface area contributed by atoms with Gasteiger partial charge in [0, 0.05) is 44.2 Å². The van der Waals surface area contributed by atoms with E-state index in [-0.39, 0.29) is 40.9 Å². The van der Waals surface area contributed by atoms with Crippen LogP contribution in [0.1, 0.15) is 54.6 Å². The molecule has 0 radical (unpaired) electrons. The van der Waals surface area contributed by atoms with Crippen LogP contribution < -0.4 is 11.1 Å². The van der Waals surface area contributed by atoms with Crippen LogP contribution in [-0.4, -0.2) is 48.7 Å². The average Bonchev–Trinajstić information content (AvgIpc) is 3.46. The lowest BCUT2D eigenvalue weighted by atomic mass is 9.78. The number of piperidine rings is 1. The molecule has 1 aliphatic heterocycles. The Labute approximate surface area is 195 Å². The second kappa shape index (κ2) is 9.30. The van der Waals surface area contributed by atoms with E-state index in [2.05, 4.69) is 17.4 Å². The summed E-state index contributed by atoms with van der Waals surface area (Å²) < 4.78 is 28.8. The summed E-state index contributed by atoms with van der Waals surface area (Å²) in [6.07, 6.45) is 6.81. The highest BCUT2D eigenvalue weighted by atomic mass is 32.2. The van der Waals surface area contributed by atoms with Crippen LogP contribution in [0.5, 0.6) is 0 Å². The van der Waals surface area contributed by atoms with E-state index < -0.39 is 15.9 Å². The first-order valence-electron chi connectivity index (χ1n) is 11.5. The van der Waals surface area contributed by atoms with Crippen LogP contribution in [0.25, 0.3) is 0 Å². The minimum Gasteiger partial charge on any atom is -0.364 e. The summed E-state index contributed by atoms with van der Waals surface area (Å²) >= 11 is 0. The number of carbonyl (C=O) groups is 2. The standard InChI is InChI=1S/C24H32N4O4S/c1-27-16-20(15-21(27)22(25)29)33(31,32)28-13-9-18(10-14-28)23(30)26-17-24(11-5-6-12-24)19-7-3-2-4-8-19/h2-4,7-8,15-16,18H,5-6,9-14,17H2,1H3,(H2,25,29)(H,26,30). The van der Waals surface area contributed by atoms with E-state index in [0.29, 0.717) is 19.4 Å². The molecule has 3 N–H and O–H groups in total. The largest absolute Gasteiger partial charge is 0.364 e. The Bertz CT molecular complexity index is 1110. The fourth-order valence-corrected chi connectivity index (χ4v) is 6.78. The van der Waals surface area contributed by atoms with E-state index >= 15 is 0 Å². The van der Waals surface area contributed by atoms with Crippen LogP contribution in [0, 0.1) is 5.92 Å². The molecule has 0 spiro atoms. The molecule has 1 aromatic carbocycles. The molecular formula is C24H32N4O4S. The number of amides is 2. The van der Waals surface area contributed by atoms with Crippen molar-refractivity contribution >= 4 is 21.8 Å². The maximum atomic E-state index is 13.0. The number of carbonyl (C=O) groups excluding carboxylic acids is 2. The quantitative estimate of drug-likeness (QED) is 0.643. The molecule has 2 aromatic rings. The first kappa shape index (κ1) is 23.5. The van der Waals surface area contributed by atoms with Crippen LogP contribution in [0.2, 0.25) is 0 Å². The Kier molecular flexibility index (Phi) is 6.63. The third-order valence-electron chi connectivity index (χ3n) is 7.24. The van der Waals surface area contributed by atoms with E-state index in [1.807, 2.05) is 18.2 Å². The van der Waals surface area contributed by atoms with Gasteiger partial charge >= 0.3 is 0 Å². The van der Waals surface area contributed by atoms with Gasteiger partial charge in [0.1, 0.15) is 10.6 Å². The van der Waals surface area contributed by atoms with Crippen molar-refractivity contribution in [2.75, 3.05) is 19.6 Å². The van der Waals surface area contributed by atoms with Gasteiger partial charge in [-0.1, -0.05) is 43.2 Å². The lowest BCUT2D eigenvalue weighted by Gasteiger charge is -2.33. The summed E-state index contributed by atoms with van der Waals surface area (Å²) in [5, 5.41) is 3.18. The van der Waals surface area contributed by atoms with Crippen LogP contribution in [0.3, 0.4) is 0 Å². The number of nitrogens with zero attached hydrogens (tertiary/aromatic N) is 2. The molecule has 2 aliphatic rings. The molecule has 2 amide bonds. The smallest absolute Gasteiger partial charge is 0.265 e. The number of hydrogen-bond donors (Lipinski definition) is 2. The number of hydrogen-bond acceptors (Lipinski definition) is 4. The van der Waals surface area contributed by atoms with E-state index in [0.717, 1.165) is 25.7 Å². The van der Waals surface area contributed by atoms with Crippen molar-refractivity contribution in [2.24, 2.45) is 18.7 Å². The number of nitrogens with two attached hydrogens (primary N) is 1. The first-order chi connectivity index (χ1) is 15.7. The molecule has 0 bridgehead atoms. The predicted octanol–water partition coefficient (Wildman–Crippen LogP) is 2.15. The van der Waals surface area contributed by atoms with E-state index in [1.165, 1.54) is 26.7 Å². The van der Waals surface area contributed by atoms with Crippen molar-refractivity contribution in [1.82, 2.24) is 14.2 Å². The third-order valence-corrected chi connectivity index (χ3v) is 9.11. The molecule has 2 heterocycles. The zero-order valence-electron chi connectivity index (χ0n) is 19.0. The van der Waals surface area contributed by atoms with Gasteiger partial charge in [0.05, 0.1) is 0 Å². The number of nitrogens with one attached hydrogen (secondary N) is 1. The van der Waals surface area contributed by atoms with Crippen molar-refractivity contribution in [2.45, 2.75) is 48.8 Å². The maximum Gasteiger partial charge on any atom is 0.265 e. The van der Waals surface area contributed by atoms with E-state index in [9.17, 15) is 18.0 Å². The highest BCUT2D eigenvalue weighted by Crippen LogP contribution is 2.40.